The van der Waals surface area contributed by atoms with Crippen molar-refractivity contribution in [3.05, 3.63) is 118 Å². The number of nitrogens with zero attached hydrogens (tertiary/aromatic N) is 1. The number of nitrogens with one attached hydrogen (secondary N) is 1. The number of anilines is 1. The molecule has 0 fully saturated rings. The lowest BCUT2D eigenvalue weighted by Gasteiger charge is -2.25. The van der Waals surface area contributed by atoms with Gasteiger partial charge in [0, 0.05) is 56.0 Å². The van der Waals surface area contributed by atoms with E-state index < -0.39 is 11.9 Å². The van der Waals surface area contributed by atoms with Gasteiger partial charge in [-0.25, -0.2) is 9.18 Å². The summed E-state index contributed by atoms with van der Waals surface area (Å²) in [6.45, 7) is 10.1. The van der Waals surface area contributed by atoms with E-state index in [0.29, 0.717) is 18.0 Å². The number of methoxy groups -OCH3 is 1. The molecule has 212 valence electrons. The molecular weight excluding hydrogens is 527 g/mol. The summed E-state index contributed by atoms with van der Waals surface area (Å²) >= 11 is 1.60. The van der Waals surface area contributed by atoms with Crippen LogP contribution in [0.5, 0.6) is 5.75 Å². The first-order valence-electron chi connectivity index (χ1n) is 12.6. The summed E-state index contributed by atoms with van der Waals surface area (Å²) in [4.78, 5) is 15.6. The number of carbonyl (C=O) groups is 1. The number of thiophene rings is 1. The zero-order valence-electron chi connectivity index (χ0n) is 23.3. The molecule has 0 atom stereocenters. The maximum atomic E-state index is 14.4. The predicted octanol–water partition coefficient (Wildman–Crippen LogP) is 7.79. The van der Waals surface area contributed by atoms with Gasteiger partial charge in [-0.05, 0) is 53.8 Å². The van der Waals surface area contributed by atoms with Crippen LogP contribution in [0.3, 0.4) is 0 Å². The first-order valence-corrected chi connectivity index (χ1v) is 13.5. The molecule has 0 bridgehead atoms. The van der Waals surface area contributed by atoms with Gasteiger partial charge in [0.1, 0.15) is 24.8 Å². The van der Waals surface area contributed by atoms with E-state index in [1.54, 1.807) is 48.8 Å². The smallest absolute Gasteiger partial charge is 0.411 e. The number of hydrogen-bond acceptors (Lipinski definition) is 6. The topological polar surface area (TPSA) is 60.0 Å². The number of benzene rings is 2. The first kappa shape index (κ1) is 30.4. The number of hydrogen-bond donors (Lipinski definition) is 1. The van der Waals surface area contributed by atoms with Crippen LogP contribution < -0.4 is 10.1 Å². The van der Waals surface area contributed by atoms with Crippen molar-refractivity contribution >= 4 is 34.4 Å². The zero-order valence-corrected chi connectivity index (χ0v) is 24.1. The molecule has 3 rings (SSSR count). The Morgan fingerprint density at radius 1 is 1.15 bits per heavy atom. The van der Waals surface area contributed by atoms with Crippen LogP contribution in [0.1, 0.15) is 23.0 Å². The summed E-state index contributed by atoms with van der Waals surface area (Å²) in [5, 5.41) is 4.83. The van der Waals surface area contributed by atoms with E-state index in [2.05, 4.69) is 24.5 Å². The lowest BCUT2D eigenvalue weighted by Crippen LogP contribution is -2.16. The maximum absolute atomic E-state index is 14.4. The quantitative estimate of drug-likeness (QED) is 0.130. The van der Waals surface area contributed by atoms with Gasteiger partial charge in [-0.3, -0.25) is 5.32 Å². The van der Waals surface area contributed by atoms with E-state index in [9.17, 15) is 9.18 Å². The summed E-state index contributed by atoms with van der Waals surface area (Å²) in [7, 11) is 5.49. The molecule has 0 radical (unpaired) electrons. The minimum atomic E-state index is -0.592. The molecular formula is C32H37FN2O4S. The third kappa shape index (κ3) is 7.94. The van der Waals surface area contributed by atoms with E-state index in [1.807, 2.05) is 49.5 Å². The van der Waals surface area contributed by atoms with Crippen LogP contribution in [0.25, 0.3) is 11.3 Å². The maximum Gasteiger partial charge on any atom is 0.411 e. The van der Waals surface area contributed by atoms with E-state index in [0.717, 1.165) is 38.4 Å². The van der Waals surface area contributed by atoms with Gasteiger partial charge in [0.2, 0.25) is 0 Å². The molecule has 0 aliphatic carbocycles. The number of halogens is 1. The molecule has 2 aromatic carbocycles. The van der Waals surface area contributed by atoms with Gasteiger partial charge in [0.25, 0.3) is 0 Å². The van der Waals surface area contributed by atoms with Gasteiger partial charge in [0.05, 0.1) is 12.3 Å². The third-order valence-electron chi connectivity index (χ3n) is 5.88. The Balaban J connectivity index is 0.00000588. The fraction of sp³-hybridized carbons (Fsp3) is 0.219. The average molecular weight is 565 g/mol. The van der Waals surface area contributed by atoms with Crippen molar-refractivity contribution in [2.45, 2.75) is 6.92 Å². The van der Waals surface area contributed by atoms with E-state index in [4.69, 9.17) is 14.2 Å². The normalized spacial score (nSPS) is 11.9. The van der Waals surface area contributed by atoms with Gasteiger partial charge >= 0.3 is 6.09 Å². The van der Waals surface area contributed by atoms with Crippen molar-refractivity contribution < 1.29 is 24.8 Å². The predicted molar refractivity (Wildman–Crippen MR) is 164 cm³/mol. The number of rotatable bonds is 13. The van der Waals surface area contributed by atoms with Gasteiger partial charge in [-0.15, -0.1) is 11.3 Å². The minimum Gasteiger partial charge on any atom is -0.490 e. The summed E-state index contributed by atoms with van der Waals surface area (Å²) < 4.78 is 30.8. The van der Waals surface area contributed by atoms with Gasteiger partial charge in [-0.2, -0.15) is 0 Å². The molecule has 0 aliphatic rings. The Labute approximate surface area is 241 Å². The fourth-order valence-electron chi connectivity index (χ4n) is 4.04. The van der Waals surface area contributed by atoms with Crippen molar-refractivity contribution in [2.24, 2.45) is 0 Å². The molecule has 3 aromatic rings. The van der Waals surface area contributed by atoms with Crippen LogP contribution in [0.4, 0.5) is 14.9 Å². The molecule has 1 amide bonds. The van der Waals surface area contributed by atoms with Gasteiger partial charge in [-0.1, -0.05) is 43.5 Å². The molecule has 6 nitrogen and oxygen atoms in total. The van der Waals surface area contributed by atoms with E-state index >= 15 is 0 Å². The Bertz CT molecular complexity index is 1410. The Kier molecular flexibility index (Phi) is 11.3. The minimum absolute atomic E-state index is 0. The Morgan fingerprint density at radius 3 is 2.60 bits per heavy atom. The SMILES string of the molecule is C=C/C=C(\C=C)COC(=O)Nc1cccc(/C(=C(\c2ccc(F)cc2OCCOC)c2sccc2C)N(C)C)c1.[HH]. The third-order valence-corrected chi connectivity index (χ3v) is 6.91. The average Bonchev–Trinajstić information content (AvgIpc) is 3.35. The van der Waals surface area contributed by atoms with Crippen LogP contribution in [0, 0.1) is 12.7 Å². The van der Waals surface area contributed by atoms with Crippen molar-refractivity contribution in [1.29, 1.82) is 0 Å². The van der Waals surface area contributed by atoms with Crippen LogP contribution in [-0.4, -0.2) is 52.0 Å². The number of allylic oxidation sites excluding steroid dienone is 2. The highest BCUT2D eigenvalue weighted by atomic mass is 32.1. The molecule has 0 saturated carbocycles. The molecule has 8 heteroatoms. The van der Waals surface area contributed by atoms with Crippen molar-refractivity contribution in [3.63, 3.8) is 0 Å². The lowest BCUT2D eigenvalue weighted by atomic mass is 9.94. The number of carbonyl (C=O) groups excluding carboxylic acids is 1. The second-order valence-corrected chi connectivity index (χ2v) is 9.91. The molecule has 1 N–H and O–H groups in total. The second-order valence-electron chi connectivity index (χ2n) is 9.00. The van der Waals surface area contributed by atoms with Crippen molar-refractivity contribution in [2.75, 3.05) is 46.3 Å². The second kappa shape index (κ2) is 14.9. The zero-order chi connectivity index (χ0) is 29.1. The summed E-state index contributed by atoms with van der Waals surface area (Å²) in [6.07, 6.45) is 4.36. The number of aryl methyl sites for hydroxylation is 1. The molecule has 40 heavy (non-hydrogen) atoms. The summed E-state index contributed by atoms with van der Waals surface area (Å²) in [5.41, 5.74) is 5.72. The Morgan fingerprint density at radius 2 is 1.95 bits per heavy atom. The highest BCUT2D eigenvalue weighted by Crippen LogP contribution is 2.41. The van der Waals surface area contributed by atoms with Crippen LogP contribution in [0.15, 0.2) is 90.9 Å². The monoisotopic (exact) mass is 564 g/mol. The van der Waals surface area contributed by atoms with E-state index in [-0.39, 0.29) is 14.6 Å². The van der Waals surface area contributed by atoms with Gasteiger partial charge in [0.15, 0.2) is 0 Å². The lowest BCUT2D eigenvalue weighted by molar-refractivity contribution is 0.146. The highest BCUT2D eigenvalue weighted by molar-refractivity contribution is 7.11. The largest absolute Gasteiger partial charge is 0.490 e. The first-order chi connectivity index (χ1) is 19.3. The van der Waals surface area contributed by atoms with Crippen molar-refractivity contribution in [1.82, 2.24) is 4.90 Å². The standard InChI is InChI=1S/C32H35FN2O4S.H2/c1-7-10-23(8-2)21-39-32(36)34-26-12-9-11-24(19-26)30(35(4)5)29(31-22(3)15-18-40-31)27-14-13-25(33)20-28(27)38-17-16-37-6;/h7-15,18-20H,1-2,16-17,21H2,3-6H3,(H,34,36);1H/b23-10+,30-29-;. The van der Waals surface area contributed by atoms with Gasteiger partial charge < -0.3 is 19.1 Å². The van der Waals surface area contributed by atoms with Crippen LogP contribution in [-0.2, 0) is 9.47 Å². The summed E-state index contributed by atoms with van der Waals surface area (Å²) in [5.74, 6) is 0.0275. The van der Waals surface area contributed by atoms with E-state index in [1.165, 1.54) is 12.1 Å². The molecule has 1 heterocycles. The highest BCUT2D eigenvalue weighted by Gasteiger charge is 2.22. The molecule has 0 spiro atoms. The van der Waals surface area contributed by atoms with Crippen molar-refractivity contribution in [3.8, 4) is 5.75 Å². The Hall–Kier alpha value is -4.14. The molecule has 1 aromatic heterocycles. The number of amides is 1. The molecule has 0 unspecified atom stereocenters. The number of ether oxygens (including phenoxy) is 3. The molecule has 0 saturated heterocycles. The van der Waals surface area contributed by atoms with Crippen LogP contribution >= 0.6 is 11.3 Å². The summed E-state index contributed by atoms with van der Waals surface area (Å²) in [6, 6.07) is 14.1. The fourth-order valence-corrected chi connectivity index (χ4v) is 5.03. The van der Waals surface area contributed by atoms with Crippen LogP contribution in [0.2, 0.25) is 0 Å². The molecule has 0 aliphatic heterocycles.